The van der Waals surface area contributed by atoms with Crippen LogP contribution in [0.25, 0.3) is 0 Å². The van der Waals surface area contributed by atoms with Gasteiger partial charge in [0.15, 0.2) is 0 Å². The van der Waals surface area contributed by atoms with E-state index in [0.29, 0.717) is 6.42 Å². The van der Waals surface area contributed by atoms with Crippen molar-refractivity contribution in [1.82, 2.24) is 5.32 Å². The van der Waals surface area contributed by atoms with Gasteiger partial charge in [-0.25, -0.2) is 0 Å². The molecule has 0 radical (unpaired) electrons. The molecule has 1 amide bonds. The van der Waals surface area contributed by atoms with E-state index in [0.717, 1.165) is 22.9 Å². The molecule has 4 heteroatoms. The van der Waals surface area contributed by atoms with E-state index in [-0.39, 0.29) is 12.5 Å². The molecule has 0 aliphatic rings. The third-order valence-electron chi connectivity index (χ3n) is 2.85. The van der Waals surface area contributed by atoms with E-state index in [1.165, 1.54) is 0 Å². The minimum Gasteiger partial charge on any atom is -0.384 e. The summed E-state index contributed by atoms with van der Waals surface area (Å²) in [5, 5.41) is 13.1. The Morgan fingerprint density at radius 3 is 2.56 bits per heavy atom. The number of amides is 1. The van der Waals surface area contributed by atoms with Gasteiger partial charge >= 0.3 is 0 Å². The summed E-state index contributed by atoms with van der Waals surface area (Å²) in [6, 6.07) is 7.45. The van der Waals surface area contributed by atoms with Gasteiger partial charge in [0.2, 0.25) is 5.91 Å². The second-order valence-electron chi connectivity index (χ2n) is 4.66. The number of halogens is 1. The predicted octanol–water partition coefficient (Wildman–Crippen LogP) is 2.96. The first-order valence-electron chi connectivity index (χ1n) is 6.21. The highest BCUT2D eigenvalue weighted by Gasteiger charge is 2.23. The van der Waals surface area contributed by atoms with Gasteiger partial charge in [-0.3, -0.25) is 4.79 Å². The fourth-order valence-corrected chi connectivity index (χ4v) is 1.87. The third kappa shape index (κ3) is 4.78. The van der Waals surface area contributed by atoms with Crippen molar-refractivity contribution in [2.24, 2.45) is 0 Å². The molecule has 0 aromatic heterocycles. The van der Waals surface area contributed by atoms with Gasteiger partial charge in [0.25, 0.3) is 0 Å². The van der Waals surface area contributed by atoms with E-state index in [2.05, 4.69) is 21.2 Å². The van der Waals surface area contributed by atoms with Crippen molar-refractivity contribution in [2.75, 3.05) is 6.54 Å². The smallest absolute Gasteiger partial charge is 0.220 e. The van der Waals surface area contributed by atoms with E-state index < -0.39 is 5.60 Å². The Kier molecular flexibility index (Phi) is 5.82. The highest BCUT2D eigenvalue weighted by atomic mass is 79.9. The third-order valence-corrected chi connectivity index (χ3v) is 3.38. The molecule has 0 aliphatic heterocycles. The Morgan fingerprint density at radius 1 is 1.39 bits per heavy atom. The fourth-order valence-electron chi connectivity index (χ4n) is 1.61. The SMILES string of the molecule is CCCCC(=O)NCC(C)(O)c1ccc(Br)cc1. The zero-order valence-electron chi connectivity index (χ0n) is 10.9. The summed E-state index contributed by atoms with van der Waals surface area (Å²) in [7, 11) is 0. The molecule has 1 atom stereocenters. The van der Waals surface area contributed by atoms with E-state index in [1.807, 2.05) is 31.2 Å². The van der Waals surface area contributed by atoms with E-state index >= 15 is 0 Å². The van der Waals surface area contributed by atoms with Crippen LogP contribution in [0, 0.1) is 0 Å². The van der Waals surface area contributed by atoms with Crippen molar-refractivity contribution in [3.63, 3.8) is 0 Å². The number of carbonyl (C=O) groups is 1. The van der Waals surface area contributed by atoms with Crippen LogP contribution in [0.4, 0.5) is 0 Å². The first kappa shape index (κ1) is 15.2. The quantitative estimate of drug-likeness (QED) is 0.848. The topological polar surface area (TPSA) is 49.3 Å². The summed E-state index contributed by atoms with van der Waals surface area (Å²) < 4.78 is 0.967. The minimum absolute atomic E-state index is 0.00534. The molecule has 3 nitrogen and oxygen atoms in total. The molecule has 1 aromatic carbocycles. The Bertz CT molecular complexity index is 387. The van der Waals surface area contributed by atoms with Crippen LogP contribution >= 0.6 is 15.9 Å². The van der Waals surface area contributed by atoms with Crippen LogP contribution < -0.4 is 5.32 Å². The predicted molar refractivity (Wildman–Crippen MR) is 76.2 cm³/mol. The Morgan fingerprint density at radius 2 is 2.00 bits per heavy atom. The maximum Gasteiger partial charge on any atom is 0.220 e. The van der Waals surface area contributed by atoms with Crippen LogP contribution in [-0.2, 0) is 10.4 Å². The highest BCUT2D eigenvalue weighted by molar-refractivity contribution is 9.10. The molecule has 1 aromatic rings. The molecule has 2 N–H and O–H groups in total. The number of rotatable bonds is 6. The molecular weight excluding hydrogens is 294 g/mol. The molecule has 0 saturated heterocycles. The number of unbranched alkanes of at least 4 members (excludes halogenated alkanes) is 1. The van der Waals surface area contributed by atoms with Gasteiger partial charge in [0.1, 0.15) is 5.60 Å². The zero-order chi connectivity index (χ0) is 13.6. The van der Waals surface area contributed by atoms with Crippen LogP contribution in [0.3, 0.4) is 0 Å². The number of benzene rings is 1. The van der Waals surface area contributed by atoms with Crippen LogP contribution in [0.1, 0.15) is 38.7 Å². The lowest BCUT2D eigenvalue weighted by Crippen LogP contribution is -2.38. The van der Waals surface area contributed by atoms with Crippen molar-refractivity contribution in [2.45, 2.75) is 38.7 Å². The Balaban J connectivity index is 2.54. The van der Waals surface area contributed by atoms with Gasteiger partial charge in [-0.05, 0) is 31.0 Å². The van der Waals surface area contributed by atoms with Crippen molar-refractivity contribution >= 4 is 21.8 Å². The molecule has 0 fully saturated rings. The maximum atomic E-state index is 11.5. The van der Waals surface area contributed by atoms with Crippen molar-refractivity contribution in [1.29, 1.82) is 0 Å². The van der Waals surface area contributed by atoms with Crippen molar-refractivity contribution < 1.29 is 9.90 Å². The number of nitrogens with one attached hydrogen (secondary N) is 1. The normalized spacial score (nSPS) is 14.0. The summed E-state index contributed by atoms with van der Waals surface area (Å²) in [6.07, 6.45) is 2.40. The van der Waals surface area contributed by atoms with Crippen molar-refractivity contribution in [3.05, 3.63) is 34.3 Å². The molecule has 0 saturated carbocycles. The molecule has 1 rings (SSSR count). The first-order chi connectivity index (χ1) is 8.45. The number of hydrogen-bond acceptors (Lipinski definition) is 2. The summed E-state index contributed by atoms with van der Waals surface area (Å²) in [6.45, 7) is 3.98. The lowest BCUT2D eigenvalue weighted by molar-refractivity contribution is -0.122. The molecule has 0 bridgehead atoms. The molecule has 100 valence electrons. The molecule has 0 heterocycles. The van der Waals surface area contributed by atoms with Gasteiger partial charge in [0.05, 0.1) is 6.54 Å². The first-order valence-corrected chi connectivity index (χ1v) is 7.00. The minimum atomic E-state index is -1.04. The largest absolute Gasteiger partial charge is 0.384 e. The molecule has 1 unspecified atom stereocenters. The standard InChI is InChI=1S/C14H20BrNO2/c1-3-4-5-13(17)16-10-14(2,18)11-6-8-12(15)9-7-11/h6-9,18H,3-5,10H2,1-2H3,(H,16,17). The monoisotopic (exact) mass is 313 g/mol. The second-order valence-corrected chi connectivity index (χ2v) is 5.58. The van der Waals surface area contributed by atoms with Gasteiger partial charge < -0.3 is 10.4 Å². The van der Waals surface area contributed by atoms with Crippen LogP contribution in [0.5, 0.6) is 0 Å². The van der Waals surface area contributed by atoms with E-state index in [9.17, 15) is 9.90 Å². The Labute approximate surface area is 117 Å². The second kappa shape index (κ2) is 6.90. The number of carbonyl (C=O) groups excluding carboxylic acids is 1. The molecular formula is C14H20BrNO2. The van der Waals surface area contributed by atoms with Gasteiger partial charge in [0, 0.05) is 10.9 Å². The number of aliphatic hydroxyl groups is 1. The molecule has 0 spiro atoms. The van der Waals surface area contributed by atoms with Crippen molar-refractivity contribution in [3.8, 4) is 0 Å². The summed E-state index contributed by atoms with van der Waals surface area (Å²) >= 11 is 3.35. The maximum absolute atomic E-state index is 11.5. The summed E-state index contributed by atoms with van der Waals surface area (Å²) in [5.74, 6) is -0.00534. The summed E-state index contributed by atoms with van der Waals surface area (Å²) in [5.41, 5.74) is -0.246. The average molecular weight is 314 g/mol. The van der Waals surface area contributed by atoms with Crippen LogP contribution in [0.15, 0.2) is 28.7 Å². The van der Waals surface area contributed by atoms with E-state index in [4.69, 9.17) is 0 Å². The lowest BCUT2D eigenvalue weighted by atomic mass is 9.96. The number of hydrogen-bond donors (Lipinski definition) is 2. The van der Waals surface area contributed by atoms with Gasteiger partial charge in [-0.15, -0.1) is 0 Å². The van der Waals surface area contributed by atoms with Gasteiger partial charge in [-0.1, -0.05) is 41.4 Å². The molecule has 18 heavy (non-hydrogen) atoms. The fraction of sp³-hybridized carbons (Fsp3) is 0.500. The van der Waals surface area contributed by atoms with E-state index in [1.54, 1.807) is 6.92 Å². The van der Waals surface area contributed by atoms with Gasteiger partial charge in [-0.2, -0.15) is 0 Å². The highest BCUT2D eigenvalue weighted by Crippen LogP contribution is 2.21. The zero-order valence-corrected chi connectivity index (χ0v) is 12.5. The lowest BCUT2D eigenvalue weighted by Gasteiger charge is -2.24. The Hall–Kier alpha value is -0.870. The average Bonchev–Trinajstić information content (AvgIpc) is 2.34. The van der Waals surface area contributed by atoms with Crippen LogP contribution in [0.2, 0.25) is 0 Å². The molecule has 0 aliphatic carbocycles. The summed E-state index contributed by atoms with van der Waals surface area (Å²) in [4.78, 5) is 11.5. The van der Waals surface area contributed by atoms with Crippen LogP contribution in [-0.4, -0.2) is 17.6 Å².